The third kappa shape index (κ3) is 4.00. The van der Waals surface area contributed by atoms with E-state index in [-0.39, 0.29) is 16.3 Å². The summed E-state index contributed by atoms with van der Waals surface area (Å²) in [5.41, 5.74) is 2.38. The highest BCUT2D eigenvalue weighted by Crippen LogP contribution is 2.20. The van der Waals surface area contributed by atoms with Crippen molar-refractivity contribution >= 4 is 32.3 Å². The van der Waals surface area contributed by atoms with Crippen molar-refractivity contribution in [1.82, 2.24) is 9.71 Å². The molecule has 0 bridgehead atoms. The van der Waals surface area contributed by atoms with E-state index >= 15 is 0 Å². The number of sulfonamides is 1. The Bertz CT molecular complexity index is 1040. The van der Waals surface area contributed by atoms with E-state index in [0.717, 1.165) is 10.9 Å². The zero-order valence-electron chi connectivity index (χ0n) is 14.1. The van der Waals surface area contributed by atoms with Gasteiger partial charge in [-0.15, -0.1) is 11.3 Å². The fourth-order valence-corrected chi connectivity index (χ4v) is 4.69. The molecule has 2 aromatic heterocycles. The molecule has 3 aromatic rings. The number of nitrogens with one attached hydrogen (secondary N) is 2. The van der Waals surface area contributed by atoms with Crippen LogP contribution in [0, 0.1) is 0 Å². The molecule has 5 nitrogen and oxygen atoms in total. The van der Waals surface area contributed by atoms with Gasteiger partial charge < -0.3 is 4.98 Å². The van der Waals surface area contributed by atoms with Gasteiger partial charge in [-0.25, -0.2) is 13.1 Å². The van der Waals surface area contributed by atoms with Crippen molar-refractivity contribution in [2.45, 2.75) is 30.4 Å². The molecule has 0 fully saturated rings. The molecule has 0 radical (unpaired) electrons. The Labute approximate surface area is 150 Å². The number of rotatable bonds is 6. The number of H-pyrrole nitrogens is 1. The molecule has 0 aliphatic heterocycles. The zero-order valence-corrected chi connectivity index (χ0v) is 15.7. The summed E-state index contributed by atoms with van der Waals surface area (Å²) < 4.78 is 27.1. The van der Waals surface area contributed by atoms with Gasteiger partial charge in [-0.2, -0.15) is 0 Å². The molecule has 0 spiro atoms. The summed E-state index contributed by atoms with van der Waals surface area (Å²) >= 11 is 1.17. The van der Waals surface area contributed by atoms with Crippen LogP contribution in [0.25, 0.3) is 10.9 Å². The van der Waals surface area contributed by atoms with Crippen molar-refractivity contribution in [3.05, 3.63) is 63.3 Å². The van der Waals surface area contributed by atoms with Gasteiger partial charge in [0.05, 0.1) is 0 Å². The predicted octanol–water partition coefficient (Wildman–Crippen LogP) is 3.23. The molecule has 1 aromatic carbocycles. The third-order valence-electron chi connectivity index (χ3n) is 4.06. The highest BCUT2D eigenvalue weighted by Gasteiger charge is 2.14. The second-order valence-corrected chi connectivity index (χ2v) is 9.15. The van der Waals surface area contributed by atoms with E-state index in [1.54, 1.807) is 17.5 Å². The molecule has 2 heterocycles. The molecular weight excluding hydrogens is 356 g/mol. The number of aromatic nitrogens is 1. The monoisotopic (exact) mass is 376 g/mol. The SMILES string of the molecule is CC(C)c1ccc2[nH]c(=O)c(CCNS(=O)(=O)c3cccs3)cc2c1. The lowest BCUT2D eigenvalue weighted by Gasteiger charge is -2.09. The van der Waals surface area contributed by atoms with Crippen molar-refractivity contribution in [2.24, 2.45) is 0 Å². The summed E-state index contributed by atoms with van der Waals surface area (Å²) in [5, 5.41) is 2.68. The average Bonchev–Trinajstić information content (AvgIpc) is 3.10. The van der Waals surface area contributed by atoms with Gasteiger partial charge in [-0.05, 0) is 52.9 Å². The molecule has 7 heteroatoms. The minimum Gasteiger partial charge on any atom is -0.322 e. The molecule has 3 rings (SSSR count). The first kappa shape index (κ1) is 17.8. The van der Waals surface area contributed by atoms with Crippen LogP contribution < -0.4 is 10.3 Å². The number of hydrogen-bond donors (Lipinski definition) is 2. The second-order valence-electron chi connectivity index (χ2n) is 6.20. The fourth-order valence-electron chi connectivity index (χ4n) is 2.62. The summed E-state index contributed by atoms with van der Waals surface area (Å²) in [5.74, 6) is 0.400. The Kier molecular flexibility index (Phi) is 5.08. The summed E-state index contributed by atoms with van der Waals surface area (Å²) in [4.78, 5) is 15.1. The van der Waals surface area contributed by atoms with Gasteiger partial charge in [0, 0.05) is 17.6 Å². The van der Waals surface area contributed by atoms with Gasteiger partial charge in [0.2, 0.25) is 10.0 Å². The summed E-state index contributed by atoms with van der Waals surface area (Å²) in [7, 11) is -3.50. The molecule has 0 aliphatic rings. The first-order chi connectivity index (χ1) is 11.9. The van der Waals surface area contributed by atoms with E-state index in [4.69, 9.17) is 0 Å². The number of hydrogen-bond acceptors (Lipinski definition) is 4. The topological polar surface area (TPSA) is 79.0 Å². The average molecular weight is 377 g/mol. The molecule has 0 unspecified atom stereocenters. The number of pyridine rings is 1. The van der Waals surface area contributed by atoms with Crippen molar-refractivity contribution in [3.8, 4) is 0 Å². The fraction of sp³-hybridized carbons (Fsp3) is 0.278. The van der Waals surface area contributed by atoms with Gasteiger partial charge in [0.25, 0.3) is 5.56 Å². The quantitative estimate of drug-likeness (QED) is 0.693. The Morgan fingerprint density at radius 1 is 1.20 bits per heavy atom. The lowest BCUT2D eigenvalue weighted by molar-refractivity contribution is 0.583. The molecule has 0 aliphatic carbocycles. The molecular formula is C18H20N2O3S2. The van der Waals surface area contributed by atoms with Crippen molar-refractivity contribution in [2.75, 3.05) is 6.54 Å². The van der Waals surface area contributed by atoms with Crippen LogP contribution in [0.2, 0.25) is 0 Å². The van der Waals surface area contributed by atoms with Crippen LogP contribution in [0.5, 0.6) is 0 Å². The Morgan fingerprint density at radius 3 is 2.68 bits per heavy atom. The Hall–Kier alpha value is -1.96. The molecule has 132 valence electrons. The van der Waals surface area contributed by atoms with E-state index in [2.05, 4.69) is 29.6 Å². The maximum absolute atomic E-state index is 12.2. The number of fused-ring (bicyclic) bond motifs is 1. The largest absolute Gasteiger partial charge is 0.322 e. The maximum atomic E-state index is 12.2. The van der Waals surface area contributed by atoms with Gasteiger partial charge in [-0.3, -0.25) is 4.79 Å². The van der Waals surface area contributed by atoms with Crippen molar-refractivity contribution < 1.29 is 8.42 Å². The summed E-state index contributed by atoms with van der Waals surface area (Å²) in [6.45, 7) is 4.42. The van der Waals surface area contributed by atoms with Gasteiger partial charge in [0.15, 0.2) is 0 Å². The van der Waals surface area contributed by atoms with Crippen LogP contribution in [0.4, 0.5) is 0 Å². The molecule has 25 heavy (non-hydrogen) atoms. The van der Waals surface area contributed by atoms with Crippen molar-refractivity contribution in [1.29, 1.82) is 0 Å². The molecule has 0 atom stereocenters. The third-order valence-corrected chi connectivity index (χ3v) is 6.92. The van der Waals surface area contributed by atoms with Gasteiger partial charge in [-0.1, -0.05) is 26.0 Å². The van der Waals surface area contributed by atoms with Gasteiger partial charge in [0.1, 0.15) is 4.21 Å². The first-order valence-electron chi connectivity index (χ1n) is 8.06. The molecule has 0 saturated carbocycles. The van der Waals surface area contributed by atoms with E-state index < -0.39 is 10.0 Å². The predicted molar refractivity (Wildman–Crippen MR) is 102 cm³/mol. The molecule has 0 amide bonds. The smallest absolute Gasteiger partial charge is 0.251 e. The number of benzene rings is 1. The van der Waals surface area contributed by atoms with E-state index in [1.165, 1.54) is 16.9 Å². The normalized spacial score (nSPS) is 12.1. The lowest BCUT2D eigenvalue weighted by atomic mass is 10.0. The van der Waals surface area contributed by atoms with Crippen molar-refractivity contribution in [3.63, 3.8) is 0 Å². The van der Waals surface area contributed by atoms with Crippen LogP contribution in [-0.4, -0.2) is 19.9 Å². The second kappa shape index (κ2) is 7.11. The molecule has 0 saturated heterocycles. The van der Waals surface area contributed by atoms with Crippen LogP contribution in [0.3, 0.4) is 0 Å². The zero-order chi connectivity index (χ0) is 18.0. The Balaban J connectivity index is 1.79. The highest BCUT2D eigenvalue weighted by atomic mass is 32.2. The van der Waals surface area contributed by atoms with Crippen LogP contribution in [-0.2, 0) is 16.4 Å². The van der Waals surface area contributed by atoms with E-state index in [9.17, 15) is 13.2 Å². The molecule has 2 N–H and O–H groups in total. The number of thiophene rings is 1. The number of aromatic amines is 1. The highest BCUT2D eigenvalue weighted by molar-refractivity contribution is 7.91. The maximum Gasteiger partial charge on any atom is 0.251 e. The van der Waals surface area contributed by atoms with Crippen LogP contribution in [0.15, 0.2) is 50.8 Å². The van der Waals surface area contributed by atoms with E-state index in [1.807, 2.05) is 18.2 Å². The minimum atomic E-state index is -3.50. The standard InChI is InChI=1S/C18H20N2O3S2/c1-12(2)13-5-6-16-15(10-13)11-14(18(21)20-16)7-8-19-25(22,23)17-4-3-9-24-17/h3-6,9-12,19H,7-8H2,1-2H3,(H,20,21). The lowest BCUT2D eigenvalue weighted by Crippen LogP contribution is -2.27. The van der Waals surface area contributed by atoms with Crippen LogP contribution >= 0.6 is 11.3 Å². The van der Waals surface area contributed by atoms with Crippen LogP contribution in [0.1, 0.15) is 30.9 Å². The first-order valence-corrected chi connectivity index (χ1v) is 10.4. The van der Waals surface area contributed by atoms with E-state index in [0.29, 0.717) is 17.9 Å². The van der Waals surface area contributed by atoms with Gasteiger partial charge >= 0.3 is 0 Å². The Morgan fingerprint density at radius 2 is 2.00 bits per heavy atom. The minimum absolute atomic E-state index is 0.179. The summed E-state index contributed by atoms with van der Waals surface area (Å²) in [6, 6.07) is 11.1. The summed E-state index contributed by atoms with van der Waals surface area (Å²) in [6.07, 6.45) is 0.335.